The summed E-state index contributed by atoms with van der Waals surface area (Å²) in [5.41, 5.74) is 2.10. The zero-order chi connectivity index (χ0) is 39.8. The molecule has 12 heteroatoms. The van der Waals surface area contributed by atoms with E-state index in [0.29, 0.717) is 13.2 Å². The van der Waals surface area contributed by atoms with Gasteiger partial charge in [0.15, 0.2) is 0 Å². The second-order valence-electron chi connectivity index (χ2n) is 16.0. The molecule has 0 aliphatic rings. The molecule has 0 N–H and O–H groups in total. The fraction of sp³-hybridized carbons (Fsp3) is 0.429. The molecule has 0 heterocycles. The molecule has 0 aromatic heterocycles. The Labute approximate surface area is 377 Å². The summed E-state index contributed by atoms with van der Waals surface area (Å²) in [6.07, 6.45) is 8.92. The number of hydrogen-bond acceptors (Lipinski definition) is 4. The molecular formula is C42H52Br4O2S2Si4. The van der Waals surface area contributed by atoms with Crippen LogP contribution in [0.5, 0.6) is 11.5 Å². The molecule has 0 aliphatic heterocycles. The topological polar surface area (TPSA) is 18.5 Å². The number of ether oxygens (including phenoxy) is 2. The van der Waals surface area contributed by atoms with Crippen molar-refractivity contribution in [2.24, 2.45) is 0 Å². The van der Waals surface area contributed by atoms with E-state index in [0.717, 1.165) is 70.3 Å². The second-order valence-corrected chi connectivity index (χ2v) is 31.6. The van der Waals surface area contributed by atoms with Gasteiger partial charge in [0, 0.05) is 15.2 Å². The molecule has 288 valence electrons. The van der Waals surface area contributed by atoms with Crippen LogP contribution in [0.4, 0.5) is 0 Å². The maximum Gasteiger partial charge on any atom is 0.147 e. The van der Waals surface area contributed by atoms with Gasteiger partial charge >= 0.3 is 0 Å². The van der Waals surface area contributed by atoms with Crippen molar-refractivity contribution < 1.29 is 9.47 Å². The van der Waals surface area contributed by atoms with Gasteiger partial charge in [0.2, 0.25) is 0 Å². The number of halogens is 4. The Hall–Kier alpha value is -0.0325. The van der Waals surface area contributed by atoms with Gasteiger partial charge in [-0.25, -0.2) is 0 Å². The van der Waals surface area contributed by atoms with Crippen molar-refractivity contribution >= 4 is 145 Å². The van der Waals surface area contributed by atoms with Crippen LogP contribution in [0.25, 0.3) is 0 Å². The summed E-state index contributed by atoms with van der Waals surface area (Å²) in [5, 5.41) is 5.25. The first kappa shape index (κ1) is 46.7. The molecule has 0 saturated heterocycles. The zero-order valence-corrected chi connectivity index (χ0v) is 44.6. The number of rotatable bonds is 19. The zero-order valence-electron chi connectivity index (χ0n) is 32.5. The quantitative estimate of drug-likeness (QED) is 0.0437. The number of hydrogen-bond donors (Lipinski definition) is 1. The van der Waals surface area contributed by atoms with Gasteiger partial charge in [-0.05, 0) is 136 Å². The first-order chi connectivity index (χ1) is 25.3. The van der Waals surface area contributed by atoms with Crippen molar-refractivity contribution in [2.75, 3.05) is 19.5 Å². The number of unbranched alkanes of at least 4 members (excludes halogenated alkanes) is 4. The molecule has 4 aromatic rings. The summed E-state index contributed by atoms with van der Waals surface area (Å²) in [4.78, 5) is 2.38. The minimum Gasteiger partial charge on any atom is -0.491 e. The highest BCUT2D eigenvalue weighted by atomic mass is 79.9. The van der Waals surface area contributed by atoms with E-state index in [9.17, 15) is 0 Å². The predicted octanol–water partition coefficient (Wildman–Crippen LogP) is 12.0. The van der Waals surface area contributed by atoms with Crippen LogP contribution in [0, 0.1) is 0 Å². The van der Waals surface area contributed by atoms with Gasteiger partial charge in [0.1, 0.15) is 11.5 Å². The van der Waals surface area contributed by atoms with Crippen molar-refractivity contribution in [1.82, 2.24) is 0 Å². The van der Waals surface area contributed by atoms with Crippen LogP contribution in [0.3, 0.4) is 0 Å². The van der Waals surface area contributed by atoms with Crippen molar-refractivity contribution in [3.8, 4) is 11.5 Å². The number of thioether (sulfide) groups is 1. The van der Waals surface area contributed by atoms with Gasteiger partial charge in [-0.2, -0.15) is 0 Å². The lowest BCUT2D eigenvalue weighted by Gasteiger charge is -2.28. The molecular weight excluding hydrogens is 1030 g/mol. The van der Waals surface area contributed by atoms with Crippen LogP contribution < -0.4 is 30.2 Å². The molecule has 4 rings (SSSR count). The standard InChI is InChI=1S/C42H52Br4O2S2Si4/c1-42(2,29-20-38(45)41(39(46)21-29)48-15-11-9-13-17-54(6,7)35-26-32(51)25-33(52)27-35)28-18-36(43)40(37(44)19-28)47-14-10-8-12-16-53(4,5)34-23-30(49)22-31(24-34)50-3/h18-27,49H,8-17H2,1-7H3. The molecule has 0 aliphatic carbocycles. The first-order valence-corrected chi connectivity index (χ1v) is 30.8. The minimum absolute atomic E-state index is 0.271. The minimum atomic E-state index is -1.52. The van der Waals surface area contributed by atoms with Gasteiger partial charge in [-0.3, -0.25) is 0 Å². The summed E-state index contributed by atoms with van der Waals surface area (Å²) < 4.78 is 16.5. The highest BCUT2D eigenvalue weighted by molar-refractivity contribution is 9.11. The maximum atomic E-state index is 6.34. The van der Waals surface area contributed by atoms with Crippen LogP contribution in [-0.2, 0) is 5.41 Å². The average molecular weight is 1080 g/mol. The predicted molar refractivity (Wildman–Crippen MR) is 261 cm³/mol. The van der Waals surface area contributed by atoms with Crippen molar-refractivity contribution in [3.63, 3.8) is 0 Å². The summed E-state index contributed by atoms with van der Waals surface area (Å²) in [6, 6.07) is 24.8. The summed E-state index contributed by atoms with van der Waals surface area (Å²) in [5.74, 6) is 1.72. The fourth-order valence-electron chi connectivity index (χ4n) is 6.72. The third-order valence-electron chi connectivity index (χ3n) is 10.4. The highest BCUT2D eigenvalue weighted by Gasteiger charge is 2.28. The number of benzene rings is 4. The third-order valence-corrected chi connectivity index (χ3v) is 21.3. The normalized spacial score (nSPS) is 12.3. The fourth-order valence-corrected chi connectivity index (χ4v) is 16.7. The molecule has 0 amide bonds. The molecule has 0 fully saturated rings. The Morgan fingerprint density at radius 1 is 0.593 bits per heavy atom. The van der Waals surface area contributed by atoms with E-state index in [4.69, 9.17) is 9.47 Å². The molecule has 4 aromatic carbocycles. The molecule has 0 saturated carbocycles. The number of thiol groups is 1. The van der Waals surface area contributed by atoms with Gasteiger partial charge in [0.05, 0.1) is 67.7 Å². The van der Waals surface area contributed by atoms with Crippen LogP contribution in [0.15, 0.2) is 88.3 Å². The molecule has 6 radical (unpaired) electrons. The smallest absolute Gasteiger partial charge is 0.147 e. The Morgan fingerprint density at radius 2 is 1.00 bits per heavy atom. The maximum absolute atomic E-state index is 6.34. The van der Waals surface area contributed by atoms with Crippen LogP contribution >= 0.6 is 88.1 Å². The molecule has 0 spiro atoms. The van der Waals surface area contributed by atoms with Crippen LogP contribution in [0.2, 0.25) is 38.3 Å². The monoisotopic (exact) mass is 1080 g/mol. The van der Waals surface area contributed by atoms with Gasteiger partial charge < -0.3 is 9.47 Å². The molecule has 0 bridgehead atoms. The van der Waals surface area contributed by atoms with Crippen LogP contribution in [-0.4, -0.2) is 56.1 Å². The van der Waals surface area contributed by atoms with E-state index in [-0.39, 0.29) is 5.41 Å². The largest absolute Gasteiger partial charge is 0.491 e. The molecule has 0 unspecified atom stereocenters. The van der Waals surface area contributed by atoms with Crippen molar-refractivity contribution in [2.45, 2.75) is 106 Å². The highest BCUT2D eigenvalue weighted by Crippen LogP contribution is 2.44. The lowest BCUT2D eigenvalue weighted by atomic mass is 9.78. The Bertz CT molecular complexity index is 1840. The van der Waals surface area contributed by atoms with E-state index in [2.05, 4.69) is 204 Å². The lowest BCUT2D eigenvalue weighted by Crippen LogP contribution is -2.44. The van der Waals surface area contributed by atoms with Gasteiger partial charge in [-0.1, -0.05) is 117 Å². The second kappa shape index (κ2) is 20.8. The first-order valence-electron chi connectivity index (χ1n) is 18.6. The summed E-state index contributed by atoms with van der Waals surface area (Å²) in [7, 11) is 4.40. The van der Waals surface area contributed by atoms with E-state index < -0.39 is 16.1 Å². The molecule has 54 heavy (non-hydrogen) atoms. The van der Waals surface area contributed by atoms with E-state index in [1.54, 1.807) is 11.8 Å². The average Bonchev–Trinajstić information content (AvgIpc) is 3.08. The third kappa shape index (κ3) is 13.0. The Kier molecular flexibility index (Phi) is 18.0. The van der Waals surface area contributed by atoms with Gasteiger partial charge in [0.25, 0.3) is 0 Å². The SMILES string of the molecule is CSc1cc(S)cc([Si](C)(C)CCCCCOc2c(Br)cc(C(C)(C)c3cc(Br)c(OCCCCC[Si](C)(C)c4cc([Si])cc([Si])c4)c(Br)c3)cc2Br)c1. The summed E-state index contributed by atoms with van der Waals surface area (Å²) in [6.45, 7) is 15.8. The van der Waals surface area contributed by atoms with Crippen molar-refractivity contribution in [3.05, 3.63) is 89.7 Å². The van der Waals surface area contributed by atoms with E-state index in [1.165, 1.54) is 51.3 Å². The lowest BCUT2D eigenvalue weighted by molar-refractivity contribution is 0.302. The van der Waals surface area contributed by atoms with Crippen LogP contribution in [0.1, 0.15) is 63.5 Å². The van der Waals surface area contributed by atoms with Crippen molar-refractivity contribution in [1.29, 1.82) is 0 Å². The Balaban J connectivity index is 1.27. The Morgan fingerprint density at radius 3 is 1.41 bits per heavy atom. The summed E-state index contributed by atoms with van der Waals surface area (Å²) >= 11 is 21.8. The van der Waals surface area contributed by atoms with E-state index in [1.807, 2.05) is 0 Å². The van der Waals surface area contributed by atoms with Gasteiger partial charge in [-0.15, -0.1) is 24.4 Å². The van der Waals surface area contributed by atoms with E-state index >= 15 is 0 Å². The molecule has 2 nitrogen and oxygen atoms in total. The molecule has 0 atom stereocenters.